The normalized spacial score (nSPS) is 15.0. The van der Waals surface area contributed by atoms with Gasteiger partial charge in [0.25, 0.3) is 5.91 Å². The van der Waals surface area contributed by atoms with Crippen LogP contribution >= 0.6 is 0 Å². The van der Waals surface area contributed by atoms with Gasteiger partial charge >= 0.3 is 0 Å². The maximum Gasteiger partial charge on any atom is 0.294 e. The fourth-order valence-electron chi connectivity index (χ4n) is 2.98. The number of carbonyl (C=O) groups is 1. The minimum absolute atomic E-state index is 0.158. The molecule has 27 heavy (non-hydrogen) atoms. The lowest BCUT2D eigenvalue weighted by atomic mass is 10.1. The number of carbonyl (C=O) groups excluding carboxylic acids is 1. The summed E-state index contributed by atoms with van der Waals surface area (Å²) in [6, 6.07) is 12.9. The molecule has 0 fully saturated rings. The minimum Gasteiger partial charge on any atom is -0.497 e. The van der Waals surface area contributed by atoms with E-state index in [1.54, 1.807) is 30.2 Å². The average Bonchev–Trinajstić information content (AvgIpc) is 2.64. The van der Waals surface area contributed by atoms with Gasteiger partial charge in [-0.25, -0.2) is 0 Å². The van der Waals surface area contributed by atoms with Crippen LogP contribution in [0.4, 0.5) is 11.4 Å². The van der Waals surface area contributed by atoms with Crippen molar-refractivity contribution in [2.75, 3.05) is 44.9 Å². The molecule has 0 aromatic heterocycles. The second-order valence-electron chi connectivity index (χ2n) is 6.73. The van der Waals surface area contributed by atoms with Gasteiger partial charge in [-0.1, -0.05) is 12.1 Å². The van der Waals surface area contributed by atoms with Crippen molar-refractivity contribution in [3.63, 3.8) is 0 Å². The summed E-state index contributed by atoms with van der Waals surface area (Å²) in [5, 5.41) is 0. The third kappa shape index (κ3) is 4.41. The number of rotatable bonds is 6. The van der Waals surface area contributed by atoms with Crippen molar-refractivity contribution < 1.29 is 14.3 Å². The molecule has 1 aliphatic heterocycles. The highest BCUT2D eigenvalue weighted by Gasteiger charge is 2.30. The summed E-state index contributed by atoms with van der Waals surface area (Å²) < 4.78 is 11.2. The van der Waals surface area contributed by atoms with E-state index in [-0.39, 0.29) is 11.7 Å². The zero-order valence-electron chi connectivity index (χ0n) is 15.9. The number of nitrogens with zero attached hydrogens (tertiary/aromatic N) is 2. The van der Waals surface area contributed by atoms with Crippen molar-refractivity contribution in [2.24, 2.45) is 0 Å². The Kier molecular flexibility index (Phi) is 5.66. The van der Waals surface area contributed by atoms with Crippen LogP contribution in [0.3, 0.4) is 0 Å². The second kappa shape index (κ2) is 8.14. The van der Waals surface area contributed by atoms with Gasteiger partial charge in [-0.15, -0.1) is 0 Å². The molecule has 2 aromatic carbocycles. The Morgan fingerprint density at radius 1 is 1.22 bits per heavy atom. The minimum atomic E-state index is -0.158. The molecule has 0 bridgehead atoms. The first-order valence-electron chi connectivity index (χ1n) is 8.87. The summed E-state index contributed by atoms with van der Waals surface area (Å²) in [4.78, 5) is 16.9. The van der Waals surface area contributed by atoms with Gasteiger partial charge in [-0.2, -0.15) is 0 Å². The first kappa shape index (κ1) is 18.8. The van der Waals surface area contributed by atoms with E-state index >= 15 is 0 Å². The number of amides is 1. The Balaban J connectivity index is 1.94. The van der Waals surface area contributed by atoms with Crippen LogP contribution in [0.25, 0.3) is 6.08 Å². The van der Waals surface area contributed by atoms with E-state index in [4.69, 9.17) is 15.2 Å². The highest BCUT2D eigenvalue weighted by molar-refractivity contribution is 6.10. The van der Waals surface area contributed by atoms with Crippen LogP contribution in [0.2, 0.25) is 0 Å². The zero-order chi connectivity index (χ0) is 19.4. The van der Waals surface area contributed by atoms with Crippen LogP contribution in [0.15, 0.2) is 48.2 Å². The molecule has 2 aromatic rings. The number of anilines is 2. The Hall–Kier alpha value is -2.99. The highest BCUT2D eigenvalue weighted by Crippen LogP contribution is 2.37. The number of ether oxygens (including phenoxy) is 2. The van der Waals surface area contributed by atoms with E-state index in [2.05, 4.69) is 4.90 Å². The zero-order valence-corrected chi connectivity index (χ0v) is 15.9. The lowest BCUT2D eigenvalue weighted by Crippen LogP contribution is -2.39. The van der Waals surface area contributed by atoms with Crippen molar-refractivity contribution in [1.82, 2.24) is 4.90 Å². The molecule has 1 aliphatic rings. The number of benzene rings is 2. The van der Waals surface area contributed by atoms with E-state index in [9.17, 15) is 4.79 Å². The van der Waals surface area contributed by atoms with E-state index in [0.717, 1.165) is 30.0 Å². The molecular formula is C21H25N3O3. The van der Waals surface area contributed by atoms with Gasteiger partial charge in [0.15, 0.2) is 11.5 Å². The summed E-state index contributed by atoms with van der Waals surface area (Å²) in [5.41, 5.74) is 8.08. The smallest absolute Gasteiger partial charge is 0.294 e. The average molecular weight is 367 g/mol. The van der Waals surface area contributed by atoms with Gasteiger partial charge in [0.2, 0.25) is 0 Å². The van der Waals surface area contributed by atoms with Gasteiger partial charge in [-0.3, -0.25) is 4.79 Å². The van der Waals surface area contributed by atoms with Crippen LogP contribution in [0.5, 0.6) is 11.5 Å². The van der Waals surface area contributed by atoms with Crippen LogP contribution in [-0.2, 0) is 4.79 Å². The lowest BCUT2D eigenvalue weighted by molar-refractivity contribution is -0.117. The van der Waals surface area contributed by atoms with E-state index in [1.807, 2.05) is 44.4 Å². The van der Waals surface area contributed by atoms with Crippen molar-refractivity contribution >= 4 is 23.4 Å². The molecule has 0 saturated carbocycles. The SMILES string of the molecule is COc1cccc(/C=C2/Oc3cc(N)ccc3N(CCCN(C)C)C2=O)c1. The molecule has 2 N–H and O–H groups in total. The number of fused-ring (bicyclic) bond motifs is 1. The second-order valence-corrected chi connectivity index (χ2v) is 6.73. The molecule has 3 rings (SSSR count). The van der Waals surface area contributed by atoms with Crippen molar-refractivity contribution in [1.29, 1.82) is 0 Å². The lowest BCUT2D eigenvalue weighted by Gasteiger charge is -2.31. The predicted octanol–water partition coefficient (Wildman–Crippen LogP) is 3.00. The monoisotopic (exact) mass is 367 g/mol. The van der Waals surface area contributed by atoms with E-state index < -0.39 is 0 Å². The standard InChI is InChI=1S/C21H25N3O3/c1-23(2)10-5-11-24-18-9-8-16(22)14-19(18)27-20(21(24)25)13-15-6-4-7-17(12-15)26-3/h4,6-9,12-14H,5,10-11,22H2,1-3H3/b20-13+. The summed E-state index contributed by atoms with van der Waals surface area (Å²) >= 11 is 0. The summed E-state index contributed by atoms with van der Waals surface area (Å²) in [6.07, 6.45) is 2.59. The maximum atomic E-state index is 13.1. The summed E-state index contributed by atoms with van der Waals surface area (Å²) in [7, 11) is 5.65. The molecule has 142 valence electrons. The maximum absolute atomic E-state index is 13.1. The van der Waals surface area contributed by atoms with Gasteiger partial charge < -0.3 is 25.0 Å². The van der Waals surface area contributed by atoms with E-state index in [1.165, 1.54) is 0 Å². The topological polar surface area (TPSA) is 68.0 Å². The van der Waals surface area contributed by atoms with Crippen LogP contribution < -0.4 is 20.1 Å². The molecule has 0 atom stereocenters. The van der Waals surface area contributed by atoms with Crippen LogP contribution in [0.1, 0.15) is 12.0 Å². The molecule has 0 radical (unpaired) electrons. The molecule has 6 nitrogen and oxygen atoms in total. The molecule has 0 saturated heterocycles. The van der Waals surface area contributed by atoms with Gasteiger partial charge in [0, 0.05) is 18.3 Å². The molecule has 0 aliphatic carbocycles. The first-order chi connectivity index (χ1) is 13.0. The molecule has 0 unspecified atom stereocenters. The van der Waals surface area contributed by atoms with Gasteiger partial charge in [0.1, 0.15) is 5.75 Å². The fourth-order valence-corrected chi connectivity index (χ4v) is 2.98. The van der Waals surface area contributed by atoms with Crippen molar-refractivity contribution in [2.45, 2.75) is 6.42 Å². The number of nitrogens with two attached hydrogens (primary N) is 1. The number of nitrogen functional groups attached to an aromatic ring is 1. The number of methoxy groups -OCH3 is 1. The first-order valence-corrected chi connectivity index (χ1v) is 8.87. The van der Waals surface area contributed by atoms with Crippen molar-refractivity contribution in [3.05, 3.63) is 53.8 Å². The van der Waals surface area contributed by atoms with Crippen molar-refractivity contribution in [3.8, 4) is 11.5 Å². The van der Waals surface area contributed by atoms with Gasteiger partial charge in [-0.05, 0) is 63.0 Å². The quantitative estimate of drug-likeness (QED) is 0.628. The molecule has 6 heteroatoms. The summed E-state index contributed by atoms with van der Waals surface area (Å²) in [6.45, 7) is 1.50. The van der Waals surface area contributed by atoms with Crippen LogP contribution in [-0.4, -0.2) is 45.1 Å². The number of hydrogen-bond acceptors (Lipinski definition) is 5. The van der Waals surface area contributed by atoms with Crippen LogP contribution in [0, 0.1) is 0 Å². The molecule has 1 heterocycles. The predicted molar refractivity (Wildman–Crippen MR) is 108 cm³/mol. The number of hydrogen-bond donors (Lipinski definition) is 1. The third-order valence-electron chi connectivity index (χ3n) is 4.33. The molecular weight excluding hydrogens is 342 g/mol. The highest BCUT2D eigenvalue weighted by atomic mass is 16.5. The fraction of sp³-hybridized carbons (Fsp3) is 0.286. The molecule has 0 spiro atoms. The van der Waals surface area contributed by atoms with E-state index in [0.29, 0.717) is 18.0 Å². The largest absolute Gasteiger partial charge is 0.497 e. The Morgan fingerprint density at radius 3 is 2.78 bits per heavy atom. The Bertz CT molecular complexity index is 862. The summed E-state index contributed by atoms with van der Waals surface area (Å²) in [5.74, 6) is 1.42. The van der Waals surface area contributed by atoms with Gasteiger partial charge in [0.05, 0.1) is 12.8 Å². The third-order valence-corrected chi connectivity index (χ3v) is 4.33. The Labute approximate surface area is 159 Å². The Morgan fingerprint density at radius 2 is 2.04 bits per heavy atom. The molecule has 1 amide bonds.